The van der Waals surface area contributed by atoms with Crippen LogP contribution in [0.1, 0.15) is 49.2 Å². The summed E-state index contributed by atoms with van der Waals surface area (Å²) in [5.41, 5.74) is 6.69. The van der Waals surface area contributed by atoms with Crippen LogP contribution in [-0.4, -0.2) is 19.7 Å². The van der Waals surface area contributed by atoms with E-state index in [1.807, 2.05) is 5.38 Å². The van der Waals surface area contributed by atoms with Gasteiger partial charge in [-0.25, -0.2) is 4.98 Å². The van der Waals surface area contributed by atoms with E-state index in [-0.39, 0.29) is 0 Å². The Balaban J connectivity index is 1.53. The van der Waals surface area contributed by atoms with Gasteiger partial charge in [-0.15, -0.1) is 21.5 Å². The summed E-state index contributed by atoms with van der Waals surface area (Å²) in [6.45, 7) is 0. The molecule has 2 N–H and O–H groups in total. The second kappa shape index (κ2) is 4.49. The molecule has 5 nitrogen and oxygen atoms in total. The maximum absolute atomic E-state index is 5.65. The molecule has 0 saturated heterocycles. The standard InChI is InChI=1S/C12H15N5S2/c13-11-14-8(5-18-11)6-19-12-16-15-10(7-1-2-7)17(12)9-3-4-9/h5,7,9H,1-4,6H2,(H2,13,14). The first-order chi connectivity index (χ1) is 9.31. The SMILES string of the molecule is Nc1nc(CSc2nnc(C3CC3)n2C2CC2)cs1. The van der Waals surface area contributed by atoms with E-state index < -0.39 is 0 Å². The van der Waals surface area contributed by atoms with Crippen LogP contribution in [0.3, 0.4) is 0 Å². The van der Waals surface area contributed by atoms with Crippen LogP contribution in [0.25, 0.3) is 0 Å². The van der Waals surface area contributed by atoms with E-state index in [0.717, 1.165) is 16.6 Å². The third-order valence-corrected chi connectivity index (χ3v) is 5.16. The first-order valence-electron chi connectivity index (χ1n) is 6.59. The number of hydrogen-bond donors (Lipinski definition) is 1. The number of thiazole rings is 1. The highest BCUT2D eigenvalue weighted by Crippen LogP contribution is 2.46. The summed E-state index contributed by atoms with van der Waals surface area (Å²) < 4.78 is 2.37. The summed E-state index contributed by atoms with van der Waals surface area (Å²) in [6.07, 6.45) is 5.10. The number of nitrogens with zero attached hydrogens (tertiary/aromatic N) is 4. The Bertz CT molecular complexity index is 597. The molecule has 2 aromatic heterocycles. The highest BCUT2D eigenvalue weighted by Gasteiger charge is 2.36. The monoisotopic (exact) mass is 293 g/mol. The molecule has 2 aliphatic carbocycles. The van der Waals surface area contributed by atoms with Gasteiger partial charge in [-0.05, 0) is 25.7 Å². The van der Waals surface area contributed by atoms with Gasteiger partial charge in [0.15, 0.2) is 10.3 Å². The third kappa shape index (κ3) is 2.36. The van der Waals surface area contributed by atoms with Crippen molar-refractivity contribution in [3.63, 3.8) is 0 Å². The van der Waals surface area contributed by atoms with Crippen molar-refractivity contribution in [3.8, 4) is 0 Å². The van der Waals surface area contributed by atoms with Crippen molar-refractivity contribution in [2.75, 3.05) is 5.73 Å². The predicted molar refractivity (Wildman–Crippen MR) is 76.4 cm³/mol. The van der Waals surface area contributed by atoms with E-state index in [2.05, 4.69) is 19.7 Å². The molecule has 2 aliphatic rings. The number of nitrogen functional groups attached to an aromatic ring is 1. The molecule has 100 valence electrons. The van der Waals surface area contributed by atoms with Gasteiger partial charge >= 0.3 is 0 Å². The molecule has 0 bridgehead atoms. The quantitative estimate of drug-likeness (QED) is 0.858. The predicted octanol–water partition coefficient (Wildman–Crippen LogP) is 2.82. The number of rotatable bonds is 5. The summed E-state index contributed by atoms with van der Waals surface area (Å²) in [6, 6.07) is 0.647. The van der Waals surface area contributed by atoms with Crippen molar-refractivity contribution in [2.24, 2.45) is 0 Å². The van der Waals surface area contributed by atoms with E-state index in [1.54, 1.807) is 11.8 Å². The first kappa shape index (κ1) is 11.7. The van der Waals surface area contributed by atoms with Crippen LogP contribution >= 0.6 is 23.1 Å². The zero-order valence-corrected chi connectivity index (χ0v) is 12.1. The molecule has 0 spiro atoms. The van der Waals surface area contributed by atoms with Gasteiger partial charge < -0.3 is 10.3 Å². The first-order valence-corrected chi connectivity index (χ1v) is 8.45. The van der Waals surface area contributed by atoms with Crippen molar-refractivity contribution in [1.82, 2.24) is 19.7 Å². The van der Waals surface area contributed by atoms with Gasteiger partial charge in [0.2, 0.25) is 0 Å². The lowest BCUT2D eigenvalue weighted by Gasteiger charge is -2.07. The van der Waals surface area contributed by atoms with Crippen LogP contribution in [0.5, 0.6) is 0 Å². The summed E-state index contributed by atoms with van der Waals surface area (Å²) in [4.78, 5) is 4.29. The Morgan fingerprint density at radius 2 is 2.16 bits per heavy atom. The third-order valence-electron chi connectivity index (χ3n) is 3.46. The molecule has 0 radical (unpaired) electrons. The average Bonchev–Trinajstić information content (AvgIpc) is 3.33. The van der Waals surface area contributed by atoms with E-state index in [1.165, 1.54) is 42.8 Å². The molecular weight excluding hydrogens is 278 g/mol. The molecule has 19 heavy (non-hydrogen) atoms. The molecule has 2 heterocycles. The molecule has 2 aromatic rings. The topological polar surface area (TPSA) is 69.6 Å². The Morgan fingerprint density at radius 3 is 2.79 bits per heavy atom. The smallest absolute Gasteiger partial charge is 0.191 e. The van der Waals surface area contributed by atoms with Crippen LogP contribution in [0, 0.1) is 0 Å². The van der Waals surface area contributed by atoms with E-state index >= 15 is 0 Å². The molecular formula is C12H15N5S2. The van der Waals surface area contributed by atoms with Gasteiger partial charge in [-0.2, -0.15) is 0 Å². The minimum Gasteiger partial charge on any atom is -0.375 e. The highest BCUT2D eigenvalue weighted by molar-refractivity contribution is 7.98. The Hall–Kier alpha value is -1.08. The van der Waals surface area contributed by atoms with Crippen molar-refractivity contribution >= 4 is 28.2 Å². The lowest BCUT2D eigenvalue weighted by molar-refractivity contribution is 0.627. The number of anilines is 1. The van der Waals surface area contributed by atoms with Gasteiger partial charge in [0, 0.05) is 23.1 Å². The fraction of sp³-hybridized carbons (Fsp3) is 0.583. The normalized spacial score (nSPS) is 18.9. The summed E-state index contributed by atoms with van der Waals surface area (Å²) in [7, 11) is 0. The molecule has 0 atom stereocenters. The lowest BCUT2D eigenvalue weighted by atomic mass is 10.4. The minimum absolute atomic E-state index is 0.637. The van der Waals surface area contributed by atoms with Crippen LogP contribution < -0.4 is 5.73 Å². The van der Waals surface area contributed by atoms with E-state index in [4.69, 9.17) is 5.73 Å². The van der Waals surface area contributed by atoms with Crippen LogP contribution in [-0.2, 0) is 5.75 Å². The van der Waals surface area contributed by atoms with Crippen LogP contribution in [0.15, 0.2) is 10.5 Å². The van der Waals surface area contributed by atoms with Crippen molar-refractivity contribution in [2.45, 2.75) is 48.6 Å². The Labute approximate surface area is 119 Å². The van der Waals surface area contributed by atoms with Crippen LogP contribution in [0.2, 0.25) is 0 Å². The fourth-order valence-corrected chi connectivity index (χ4v) is 3.78. The molecule has 2 fully saturated rings. The zero-order valence-electron chi connectivity index (χ0n) is 10.5. The molecule has 0 unspecified atom stereocenters. The maximum atomic E-state index is 5.65. The van der Waals surface area contributed by atoms with Crippen molar-refractivity contribution in [3.05, 3.63) is 16.9 Å². The molecule has 0 aromatic carbocycles. The van der Waals surface area contributed by atoms with Gasteiger partial charge in [0.1, 0.15) is 5.82 Å². The second-order valence-electron chi connectivity index (χ2n) is 5.18. The number of thioether (sulfide) groups is 1. The molecule has 7 heteroatoms. The maximum Gasteiger partial charge on any atom is 0.191 e. The van der Waals surface area contributed by atoms with Gasteiger partial charge in [0.25, 0.3) is 0 Å². The van der Waals surface area contributed by atoms with Gasteiger partial charge in [-0.3, -0.25) is 0 Å². The Kier molecular flexibility index (Phi) is 2.77. The molecule has 0 amide bonds. The lowest BCUT2D eigenvalue weighted by Crippen LogP contribution is -2.02. The number of hydrogen-bond acceptors (Lipinski definition) is 6. The summed E-state index contributed by atoms with van der Waals surface area (Å²) in [5.74, 6) is 2.70. The second-order valence-corrected chi connectivity index (χ2v) is 7.01. The van der Waals surface area contributed by atoms with Gasteiger partial charge in [0.05, 0.1) is 5.69 Å². The zero-order chi connectivity index (χ0) is 12.8. The number of aromatic nitrogens is 4. The highest BCUT2D eigenvalue weighted by atomic mass is 32.2. The van der Waals surface area contributed by atoms with Gasteiger partial charge in [-0.1, -0.05) is 11.8 Å². The van der Waals surface area contributed by atoms with Crippen molar-refractivity contribution < 1.29 is 0 Å². The molecule has 0 aliphatic heterocycles. The largest absolute Gasteiger partial charge is 0.375 e. The van der Waals surface area contributed by atoms with Crippen molar-refractivity contribution in [1.29, 1.82) is 0 Å². The molecule has 2 saturated carbocycles. The summed E-state index contributed by atoms with van der Waals surface area (Å²) in [5, 5.41) is 12.5. The van der Waals surface area contributed by atoms with Crippen LogP contribution in [0.4, 0.5) is 5.13 Å². The number of nitrogens with two attached hydrogens (primary N) is 1. The van der Waals surface area contributed by atoms with E-state index in [9.17, 15) is 0 Å². The minimum atomic E-state index is 0.637. The fourth-order valence-electron chi connectivity index (χ4n) is 2.21. The van der Waals surface area contributed by atoms with E-state index in [0.29, 0.717) is 17.1 Å². The molecule has 4 rings (SSSR count). The summed E-state index contributed by atoms with van der Waals surface area (Å²) >= 11 is 3.22. The average molecular weight is 293 g/mol. The Morgan fingerprint density at radius 1 is 1.32 bits per heavy atom.